The number of nitrogens with zero attached hydrogens (tertiary/aromatic N) is 1. The molecule has 0 unspecified atom stereocenters. The van der Waals surface area contributed by atoms with Crippen LogP contribution in [-0.2, 0) is 11.3 Å². The number of likely N-dealkylation sites (N-methyl/N-ethyl adjacent to an activating group) is 1. The van der Waals surface area contributed by atoms with Crippen LogP contribution in [-0.4, -0.2) is 52.2 Å². The maximum atomic E-state index is 15.0. The Balaban J connectivity index is 1.79. The molecule has 2 atom stereocenters. The summed E-state index contributed by atoms with van der Waals surface area (Å²) in [6.07, 6.45) is 0. The summed E-state index contributed by atoms with van der Waals surface area (Å²) < 4.78 is 36.6. The van der Waals surface area contributed by atoms with Crippen molar-refractivity contribution in [1.29, 1.82) is 0 Å². The molecule has 3 aromatic rings. The number of ether oxygens (including phenoxy) is 4. The number of fused-ring (bicyclic) bond motifs is 1. The lowest BCUT2D eigenvalue weighted by atomic mass is 9.79. The molecule has 0 saturated heterocycles. The van der Waals surface area contributed by atoms with E-state index in [2.05, 4.69) is 5.32 Å². The Morgan fingerprint density at radius 3 is 2.22 bits per heavy atom. The van der Waals surface area contributed by atoms with E-state index in [1.165, 1.54) is 32.3 Å². The predicted octanol–water partition coefficient (Wildman–Crippen LogP) is 4.09. The number of halogens is 1. The zero-order valence-corrected chi connectivity index (χ0v) is 21.3. The van der Waals surface area contributed by atoms with E-state index >= 15 is 4.39 Å². The highest BCUT2D eigenvalue weighted by atomic mass is 19.1. The Labute approximate surface area is 214 Å². The molecule has 0 spiro atoms. The van der Waals surface area contributed by atoms with Gasteiger partial charge in [0.05, 0.1) is 40.4 Å². The lowest BCUT2D eigenvalue weighted by Crippen LogP contribution is -2.45. The van der Waals surface area contributed by atoms with Crippen molar-refractivity contribution in [3.8, 4) is 23.0 Å². The number of amides is 2. The van der Waals surface area contributed by atoms with E-state index in [0.717, 1.165) is 5.56 Å². The van der Waals surface area contributed by atoms with Crippen LogP contribution in [0.3, 0.4) is 0 Å². The molecule has 4 rings (SSSR count). The minimum Gasteiger partial charge on any atom is -0.497 e. The Bertz CT molecular complexity index is 1330. The Kier molecular flexibility index (Phi) is 7.52. The summed E-state index contributed by atoms with van der Waals surface area (Å²) in [6.45, 7) is 0.146. The maximum absolute atomic E-state index is 15.0. The topological polar surface area (TPSA) is 86.3 Å². The quantitative estimate of drug-likeness (QED) is 0.494. The maximum Gasteiger partial charge on any atom is 0.254 e. The fourth-order valence-corrected chi connectivity index (χ4v) is 4.73. The standard InChI is InChI=1S/C28H29FN2O6/c1-31-26(18-8-6-7-9-21(18)29)25(19-13-23(36-4)24(37-5)14-20(19)28(31)33)27(32)30-15-16-10-11-17(34-2)12-22(16)35-3/h6-14,25-26H,15H2,1-5H3,(H,30,32)/t25-,26+/m0/s1. The molecule has 0 bridgehead atoms. The van der Waals surface area contributed by atoms with Gasteiger partial charge in [-0.15, -0.1) is 0 Å². The summed E-state index contributed by atoms with van der Waals surface area (Å²) in [6, 6.07) is 13.7. The van der Waals surface area contributed by atoms with Crippen molar-refractivity contribution >= 4 is 11.8 Å². The molecule has 0 fully saturated rings. The molecule has 2 amide bonds. The summed E-state index contributed by atoms with van der Waals surface area (Å²) in [7, 11) is 7.59. The molecule has 0 aromatic heterocycles. The molecule has 1 N–H and O–H groups in total. The average Bonchev–Trinajstić information content (AvgIpc) is 2.93. The monoisotopic (exact) mass is 508 g/mol. The molecule has 9 heteroatoms. The highest BCUT2D eigenvalue weighted by molar-refractivity contribution is 6.02. The van der Waals surface area contributed by atoms with E-state index in [1.54, 1.807) is 62.7 Å². The number of methoxy groups -OCH3 is 4. The summed E-state index contributed by atoms with van der Waals surface area (Å²) in [5, 5.41) is 2.95. The van der Waals surface area contributed by atoms with Crippen molar-refractivity contribution < 1.29 is 32.9 Å². The van der Waals surface area contributed by atoms with Gasteiger partial charge in [0.1, 0.15) is 17.3 Å². The van der Waals surface area contributed by atoms with Crippen LogP contribution in [0.5, 0.6) is 23.0 Å². The second kappa shape index (κ2) is 10.8. The third-order valence-corrected chi connectivity index (χ3v) is 6.63. The number of hydrogen-bond donors (Lipinski definition) is 1. The number of carbonyl (C=O) groups is 2. The van der Waals surface area contributed by atoms with Gasteiger partial charge in [0, 0.05) is 36.3 Å². The second-order valence-corrected chi connectivity index (χ2v) is 8.55. The van der Waals surface area contributed by atoms with Gasteiger partial charge in [-0.3, -0.25) is 9.59 Å². The van der Waals surface area contributed by atoms with Crippen molar-refractivity contribution in [2.45, 2.75) is 18.5 Å². The first-order chi connectivity index (χ1) is 17.8. The van der Waals surface area contributed by atoms with Crippen LogP contribution < -0.4 is 24.3 Å². The van der Waals surface area contributed by atoms with Gasteiger partial charge in [0.15, 0.2) is 11.5 Å². The number of carbonyl (C=O) groups excluding carboxylic acids is 2. The van der Waals surface area contributed by atoms with Gasteiger partial charge in [-0.25, -0.2) is 4.39 Å². The molecule has 1 aliphatic rings. The summed E-state index contributed by atoms with van der Waals surface area (Å²) in [5.41, 5.74) is 1.68. The largest absolute Gasteiger partial charge is 0.497 e. The van der Waals surface area contributed by atoms with E-state index < -0.39 is 17.8 Å². The summed E-state index contributed by atoms with van der Waals surface area (Å²) >= 11 is 0. The Morgan fingerprint density at radius 2 is 1.57 bits per heavy atom. The van der Waals surface area contributed by atoms with Gasteiger partial charge in [0.2, 0.25) is 5.91 Å². The van der Waals surface area contributed by atoms with E-state index in [1.807, 2.05) is 0 Å². The molecule has 0 saturated carbocycles. The van der Waals surface area contributed by atoms with Crippen molar-refractivity contribution in [2.75, 3.05) is 35.5 Å². The Hall–Kier alpha value is -4.27. The SMILES string of the molecule is COc1ccc(CNC(=O)[C@H]2c3cc(OC)c(OC)cc3C(=O)N(C)[C@@H]2c2ccccc2F)c(OC)c1. The number of nitrogens with one attached hydrogen (secondary N) is 1. The highest BCUT2D eigenvalue weighted by Gasteiger charge is 2.44. The molecule has 3 aromatic carbocycles. The molecule has 194 valence electrons. The molecule has 8 nitrogen and oxygen atoms in total. The van der Waals surface area contributed by atoms with Crippen LogP contribution in [0.2, 0.25) is 0 Å². The zero-order chi connectivity index (χ0) is 26.7. The molecule has 0 radical (unpaired) electrons. The average molecular weight is 509 g/mol. The van der Waals surface area contributed by atoms with Crippen LogP contribution in [0.25, 0.3) is 0 Å². The Morgan fingerprint density at radius 1 is 0.892 bits per heavy atom. The third-order valence-electron chi connectivity index (χ3n) is 6.63. The first kappa shape index (κ1) is 25.8. The molecule has 37 heavy (non-hydrogen) atoms. The van der Waals surface area contributed by atoms with Gasteiger partial charge in [0.25, 0.3) is 5.91 Å². The van der Waals surface area contributed by atoms with Crippen molar-refractivity contribution in [2.24, 2.45) is 0 Å². The fourth-order valence-electron chi connectivity index (χ4n) is 4.73. The molecule has 0 aliphatic carbocycles. The molecular weight excluding hydrogens is 479 g/mol. The first-order valence-corrected chi connectivity index (χ1v) is 11.6. The van der Waals surface area contributed by atoms with Gasteiger partial charge in [-0.05, 0) is 35.9 Å². The van der Waals surface area contributed by atoms with Gasteiger partial charge < -0.3 is 29.2 Å². The van der Waals surface area contributed by atoms with Crippen LogP contribution in [0.1, 0.15) is 39.0 Å². The van der Waals surface area contributed by atoms with Gasteiger partial charge >= 0.3 is 0 Å². The summed E-state index contributed by atoms with van der Waals surface area (Å²) in [4.78, 5) is 28.7. The molecular formula is C28H29FN2O6. The van der Waals surface area contributed by atoms with Gasteiger partial charge in [-0.1, -0.05) is 18.2 Å². The number of hydrogen-bond acceptors (Lipinski definition) is 6. The minimum atomic E-state index is -0.932. The highest BCUT2D eigenvalue weighted by Crippen LogP contribution is 2.46. The zero-order valence-electron chi connectivity index (χ0n) is 21.3. The van der Waals surface area contributed by atoms with E-state index in [4.69, 9.17) is 18.9 Å². The van der Waals surface area contributed by atoms with Crippen LogP contribution >= 0.6 is 0 Å². The second-order valence-electron chi connectivity index (χ2n) is 8.55. The van der Waals surface area contributed by atoms with Gasteiger partial charge in [-0.2, -0.15) is 0 Å². The normalized spacial score (nSPS) is 16.6. The first-order valence-electron chi connectivity index (χ1n) is 11.6. The van der Waals surface area contributed by atoms with Crippen LogP contribution in [0.4, 0.5) is 4.39 Å². The fraction of sp³-hybridized carbons (Fsp3) is 0.286. The van der Waals surface area contributed by atoms with E-state index in [9.17, 15) is 9.59 Å². The number of rotatable bonds is 8. The van der Waals surface area contributed by atoms with Crippen molar-refractivity contribution in [3.63, 3.8) is 0 Å². The lowest BCUT2D eigenvalue weighted by molar-refractivity contribution is -0.124. The lowest BCUT2D eigenvalue weighted by Gasteiger charge is -2.40. The summed E-state index contributed by atoms with van der Waals surface area (Å²) in [5.74, 6) is -0.301. The molecule has 1 aliphatic heterocycles. The smallest absolute Gasteiger partial charge is 0.254 e. The molecule has 1 heterocycles. The van der Waals surface area contributed by atoms with Crippen LogP contribution in [0, 0.1) is 5.82 Å². The third kappa shape index (κ3) is 4.76. The van der Waals surface area contributed by atoms with Crippen LogP contribution in [0.15, 0.2) is 54.6 Å². The van der Waals surface area contributed by atoms with Crippen molar-refractivity contribution in [3.05, 3.63) is 82.7 Å². The number of benzene rings is 3. The van der Waals surface area contributed by atoms with E-state index in [0.29, 0.717) is 28.6 Å². The van der Waals surface area contributed by atoms with E-state index in [-0.39, 0.29) is 29.5 Å². The predicted molar refractivity (Wildman–Crippen MR) is 135 cm³/mol. The van der Waals surface area contributed by atoms with Crippen molar-refractivity contribution in [1.82, 2.24) is 10.2 Å². The minimum absolute atomic E-state index is 0.146.